The van der Waals surface area contributed by atoms with Crippen molar-refractivity contribution in [2.24, 2.45) is 4.99 Å². The predicted molar refractivity (Wildman–Crippen MR) is 48.2 cm³/mol. The van der Waals surface area contributed by atoms with Crippen molar-refractivity contribution in [1.82, 2.24) is 5.32 Å². The molecule has 2 nitrogen and oxygen atoms in total. The number of terminal acetylenes is 2. The summed E-state index contributed by atoms with van der Waals surface area (Å²) >= 11 is 0. The van der Waals surface area contributed by atoms with Crippen LogP contribution in [0.15, 0.2) is 17.3 Å². The van der Waals surface area contributed by atoms with Crippen molar-refractivity contribution in [2.75, 3.05) is 13.1 Å². The lowest BCUT2D eigenvalue weighted by Crippen LogP contribution is -2.03. The van der Waals surface area contributed by atoms with E-state index in [0.29, 0.717) is 13.1 Å². The van der Waals surface area contributed by atoms with Crippen molar-refractivity contribution in [1.29, 1.82) is 0 Å². The second-order valence-corrected chi connectivity index (χ2v) is 1.64. The van der Waals surface area contributed by atoms with E-state index in [1.54, 1.807) is 18.5 Å². The molecule has 0 heterocycles. The van der Waals surface area contributed by atoms with E-state index in [-0.39, 0.29) is 0 Å². The van der Waals surface area contributed by atoms with Gasteiger partial charge in [-0.25, -0.2) is 0 Å². The van der Waals surface area contributed by atoms with Gasteiger partial charge in [-0.1, -0.05) is 11.8 Å². The summed E-state index contributed by atoms with van der Waals surface area (Å²) < 4.78 is 0. The third kappa shape index (κ3) is 8.33. The molecule has 0 aliphatic rings. The molecule has 0 saturated heterocycles. The molecule has 0 fully saturated rings. The molecule has 0 spiro atoms. The Bertz CT molecular complexity index is 213. The van der Waals surface area contributed by atoms with Crippen LogP contribution < -0.4 is 5.32 Å². The van der Waals surface area contributed by atoms with Crippen LogP contribution in [0, 0.1) is 24.7 Å². The highest BCUT2D eigenvalue weighted by Crippen LogP contribution is 1.66. The Labute approximate surface area is 67.4 Å². The fourth-order valence-electron chi connectivity index (χ4n) is 0.395. The molecule has 0 aromatic heterocycles. The summed E-state index contributed by atoms with van der Waals surface area (Å²) in [6.07, 6.45) is 15.0. The van der Waals surface area contributed by atoms with Crippen LogP contribution in [0.1, 0.15) is 0 Å². The first kappa shape index (κ1) is 9.33. The van der Waals surface area contributed by atoms with Crippen LogP contribution in [0.25, 0.3) is 0 Å². The Morgan fingerprint density at radius 2 is 2.18 bits per heavy atom. The zero-order valence-corrected chi connectivity index (χ0v) is 6.25. The van der Waals surface area contributed by atoms with Gasteiger partial charge in [0.05, 0.1) is 13.1 Å². The molecule has 0 bridgehead atoms. The van der Waals surface area contributed by atoms with E-state index in [2.05, 4.69) is 22.2 Å². The average molecular weight is 146 g/mol. The van der Waals surface area contributed by atoms with Gasteiger partial charge in [0.25, 0.3) is 0 Å². The number of rotatable bonds is 4. The van der Waals surface area contributed by atoms with Crippen molar-refractivity contribution >= 4 is 6.21 Å². The van der Waals surface area contributed by atoms with Crippen molar-refractivity contribution in [2.45, 2.75) is 0 Å². The van der Waals surface area contributed by atoms with Crippen molar-refractivity contribution in [3.63, 3.8) is 0 Å². The summed E-state index contributed by atoms with van der Waals surface area (Å²) in [4.78, 5) is 3.85. The Balaban J connectivity index is 3.32. The first-order chi connectivity index (χ1) is 5.41. The average Bonchev–Trinajstić information content (AvgIpc) is 2.03. The lowest BCUT2D eigenvalue weighted by Gasteiger charge is -1.86. The summed E-state index contributed by atoms with van der Waals surface area (Å²) in [7, 11) is 0. The van der Waals surface area contributed by atoms with Gasteiger partial charge in [-0.15, -0.1) is 12.8 Å². The normalized spacial score (nSPS) is 9.64. The molecule has 0 radical (unpaired) electrons. The van der Waals surface area contributed by atoms with Gasteiger partial charge in [0.2, 0.25) is 0 Å². The highest BCUT2D eigenvalue weighted by Gasteiger charge is 1.67. The molecule has 0 aromatic rings. The van der Waals surface area contributed by atoms with Crippen LogP contribution in [-0.2, 0) is 0 Å². The fraction of sp³-hybridized carbons (Fsp3) is 0.222. The topological polar surface area (TPSA) is 24.4 Å². The van der Waals surface area contributed by atoms with E-state index in [9.17, 15) is 0 Å². The molecule has 0 atom stereocenters. The fourth-order valence-corrected chi connectivity index (χ4v) is 0.395. The van der Waals surface area contributed by atoms with Crippen molar-refractivity contribution in [3.05, 3.63) is 12.3 Å². The number of nitrogens with zero attached hydrogens (tertiary/aromatic N) is 1. The Morgan fingerprint density at radius 3 is 2.82 bits per heavy atom. The first-order valence-electron chi connectivity index (χ1n) is 3.17. The summed E-state index contributed by atoms with van der Waals surface area (Å²) in [6, 6.07) is 0. The van der Waals surface area contributed by atoms with Crippen molar-refractivity contribution in [3.8, 4) is 24.7 Å². The lowest BCUT2D eigenvalue weighted by atomic mass is 10.6. The SMILES string of the molecule is C#CCN=C/C=C\NCC#C. The Morgan fingerprint density at radius 1 is 1.36 bits per heavy atom. The molecule has 0 aliphatic heterocycles. The van der Waals surface area contributed by atoms with Gasteiger partial charge in [-0.3, -0.25) is 4.99 Å². The molecule has 0 unspecified atom stereocenters. The third-order valence-electron chi connectivity index (χ3n) is 0.792. The van der Waals surface area contributed by atoms with E-state index >= 15 is 0 Å². The lowest BCUT2D eigenvalue weighted by molar-refractivity contribution is 1.01. The second-order valence-electron chi connectivity index (χ2n) is 1.64. The molecule has 1 N–H and O–H groups in total. The van der Waals surface area contributed by atoms with Gasteiger partial charge in [0, 0.05) is 6.21 Å². The molecule has 0 saturated carbocycles. The summed E-state index contributed by atoms with van der Waals surface area (Å²) in [5.74, 6) is 4.82. The van der Waals surface area contributed by atoms with Crippen molar-refractivity contribution < 1.29 is 0 Å². The zero-order valence-electron chi connectivity index (χ0n) is 6.25. The second kappa shape index (κ2) is 8.33. The van der Waals surface area contributed by atoms with E-state index in [1.165, 1.54) is 0 Å². The van der Waals surface area contributed by atoms with Crippen LogP contribution in [0.4, 0.5) is 0 Å². The number of aliphatic imine (C=N–C) groups is 1. The highest BCUT2D eigenvalue weighted by molar-refractivity contribution is 5.70. The van der Waals surface area contributed by atoms with Gasteiger partial charge in [-0.05, 0) is 12.3 Å². The van der Waals surface area contributed by atoms with Gasteiger partial charge >= 0.3 is 0 Å². The van der Waals surface area contributed by atoms with E-state index in [1.807, 2.05) is 0 Å². The summed E-state index contributed by atoms with van der Waals surface area (Å²) in [6.45, 7) is 0.943. The number of hydrogen-bond acceptors (Lipinski definition) is 2. The number of allylic oxidation sites excluding steroid dienone is 1. The largest absolute Gasteiger partial charge is 0.380 e. The molecule has 0 aliphatic carbocycles. The zero-order chi connectivity index (χ0) is 8.36. The van der Waals surface area contributed by atoms with Crippen LogP contribution in [0.2, 0.25) is 0 Å². The van der Waals surface area contributed by atoms with Gasteiger partial charge in [0.15, 0.2) is 0 Å². The quantitative estimate of drug-likeness (QED) is 0.347. The third-order valence-corrected chi connectivity index (χ3v) is 0.792. The number of nitrogens with one attached hydrogen (secondary N) is 1. The molecule has 0 rings (SSSR count). The maximum Gasteiger partial charge on any atom is 0.0994 e. The molecule has 56 valence electrons. The minimum absolute atomic E-state index is 0.416. The Hall–Kier alpha value is -1.67. The molecular weight excluding hydrogens is 136 g/mol. The van der Waals surface area contributed by atoms with E-state index in [0.717, 1.165) is 0 Å². The van der Waals surface area contributed by atoms with Gasteiger partial charge in [0.1, 0.15) is 0 Å². The van der Waals surface area contributed by atoms with Crippen LogP contribution in [0.3, 0.4) is 0 Å². The molecule has 11 heavy (non-hydrogen) atoms. The van der Waals surface area contributed by atoms with E-state index in [4.69, 9.17) is 12.8 Å². The number of hydrogen-bond donors (Lipinski definition) is 1. The van der Waals surface area contributed by atoms with Crippen LogP contribution in [0.5, 0.6) is 0 Å². The standard InChI is InChI=1S/C9H10N2/c1-3-6-10-8-5-9-11-7-4-2/h1-2,5,8-10H,6-7H2/b8-5-,11-9?. The smallest absolute Gasteiger partial charge is 0.0994 e. The Kier molecular flexibility index (Phi) is 7.07. The van der Waals surface area contributed by atoms with Gasteiger partial charge < -0.3 is 5.32 Å². The molecular formula is C9H10N2. The molecule has 2 heteroatoms. The first-order valence-corrected chi connectivity index (χ1v) is 3.17. The predicted octanol–water partition coefficient (Wildman–Crippen LogP) is 0.427. The highest BCUT2D eigenvalue weighted by atomic mass is 14.8. The summed E-state index contributed by atoms with van der Waals surface area (Å²) in [5, 5.41) is 2.85. The van der Waals surface area contributed by atoms with E-state index < -0.39 is 0 Å². The molecule has 0 amide bonds. The van der Waals surface area contributed by atoms with Crippen LogP contribution >= 0.6 is 0 Å². The monoisotopic (exact) mass is 146 g/mol. The van der Waals surface area contributed by atoms with Gasteiger partial charge in [-0.2, -0.15) is 0 Å². The maximum atomic E-state index is 4.98. The minimum atomic E-state index is 0.416. The summed E-state index contributed by atoms with van der Waals surface area (Å²) in [5.41, 5.74) is 0. The maximum absolute atomic E-state index is 4.98. The molecule has 0 aromatic carbocycles. The minimum Gasteiger partial charge on any atom is -0.380 e. The van der Waals surface area contributed by atoms with Crippen LogP contribution in [-0.4, -0.2) is 19.3 Å².